The smallest absolute Gasteiger partial charge is 0.188 e. The van der Waals surface area contributed by atoms with Crippen LogP contribution in [0.25, 0.3) is 10.1 Å². The molecule has 1 aromatic carbocycles. The Morgan fingerprint density at radius 3 is 2.87 bits per heavy atom. The lowest BCUT2D eigenvalue weighted by Gasteiger charge is -1.90. The molecule has 1 aromatic heterocycles. The molecule has 0 saturated heterocycles. The Labute approximate surface area is 95.7 Å². The Kier molecular flexibility index (Phi) is 2.72. The van der Waals surface area contributed by atoms with Crippen molar-refractivity contribution < 1.29 is 4.79 Å². The molecule has 0 atom stereocenters. The summed E-state index contributed by atoms with van der Waals surface area (Å²) >= 11 is 7.41. The third-order valence-corrected chi connectivity index (χ3v) is 3.74. The number of hydrogen-bond donors (Lipinski definition) is 0. The lowest BCUT2D eigenvalue weighted by atomic mass is 10.2. The Balaban J connectivity index is 2.59. The van der Waals surface area contributed by atoms with E-state index in [0.29, 0.717) is 9.90 Å². The second-order valence-corrected chi connectivity index (χ2v) is 4.43. The van der Waals surface area contributed by atoms with Crippen LogP contribution < -0.4 is 0 Å². The number of rotatable bonds is 2. The zero-order valence-electron chi connectivity index (χ0n) is 7.66. The Morgan fingerprint density at radius 1 is 1.47 bits per heavy atom. The average Bonchev–Trinajstić information content (AvgIpc) is 2.57. The number of ketones is 1. The van der Waals surface area contributed by atoms with Gasteiger partial charge in [0.25, 0.3) is 0 Å². The van der Waals surface area contributed by atoms with E-state index in [-0.39, 0.29) is 12.2 Å². The van der Waals surface area contributed by atoms with Gasteiger partial charge in [-0.15, -0.1) is 11.3 Å². The van der Waals surface area contributed by atoms with Crippen LogP contribution in [-0.4, -0.2) is 5.78 Å². The van der Waals surface area contributed by atoms with Gasteiger partial charge in [0.15, 0.2) is 5.78 Å². The van der Waals surface area contributed by atoms with E-state index in [1.807, 2.05) is 30.3 Å². The van der Waals surface area contributed by atoms with Crippen molar-refractivity contribution in [3.63, 3.8) is 0 Å². The van der Waals surface area contributed by atoms with Gasteiger partial charge in [0.05, 0.1) is 22.4 Å². The minimum Gasteiger partial charge on any atom is -0.292 e. The SMILES string of the molecule is N#CCC(=O)c1sc2ccccc2c1Cl. The molecule has 15 heavy (non-hydrogen) atoms. The number of carbonyl (C=O) groups is 1. The van der Waals surface area contributed by atoms with Crippen LogP contribution >= 0.6 is 22.9 Å². The number of benzene rings is 1. The second-order valence-electron chi connectivity index (χ2n) is 3.00. The first kappa shape index (κ1) is 10.2. The van der Waals surface area contributed by atoms with E-state index in [9.17, 15) is 4.79 Å². The van der Waals surface area contributed by atoms with Crippen molar-refractivity contribution in [3.8, 4) is 6.07 Å². The van der Waals surface area contributed by atoms with Gasteiger partial charge in [0.2, 0.25) is 0 Å². The van der Waals surface area contributed by atoms with Gasteiger partial charge < -0.3 is 0 Å². The Hall–Kier alpha value is -1.37. The summed E-state index contributed by atoms with van der Waals surface area (Å²) in [5, 5.41) is 9.80. The molecule has 0 aliphatic heterocycles. The topological polar surface area (TPSA) is 40.9 Å². The molecule has 0 bridgehead atoms. The molecule has 0 saturated carbocycles. The molecule has 0 fully saturated rings. The summed E-state index contributed by atoms with van der Waals surface area (Å²) in [5.74, 6) is -0.205. The molecule has 0 N–H and O–H groups in total. The van der Waals surface area contributed by atoms with Crippen LogP contribution in [0.1, 0.15) is 16.1 Å². The molecule has 4 heteroatoms. The predicted molar refractivity (Wildman–Crippen MR) is 61.4 cm³/mol. The molecule has 0 radical (unpaired) electrons. The predicted octanol–water partition coefficient (Wildman–Crippen LogP) is 3.65. The third kappa shape index (κ3) is 1.74. The van der Waals surface area contributed by atoms with E-state index in [0.717, 1.165) is 10.1 Å². The zero-order valence-corrected chi connectivity index (χ0v) is 9.23. The van der Waals surface area contributed by atoms with Gasteiger partial charge in [-0.3, -0.25) is 4.79 Å². The van der Waals surface area contributed by atoms with Crippen molar-refractivity contribution in [2.45, 2.75) is 6.42 Å². The highest BCUT2D eigenvalue weighted by molar-refractivity contribution is 7.21. The van der Waals surface area contributed by atoms with Crippen molar-refractivity contribution in [2.75, 3.05) is 0 Å². The molecule has 0 aliphatic carbocycles. The molecule has 74 valence electrons. The number of nitriles is 1. The van der Waals surface area contributed by atoms with Gasteiger partial charge in [-0.25, -0.2) is 0 Å². The van der Waals surface area contributed by atoms with Crippen LogP contribution in [0.15, 0.2) is 24.3 Å². The molecule has 2 rings (SSSR count). The summed E-state index contributed by atoms with van der Waals surface area (Å²) < 4.78 is 0.976. The summed E-state index contributed by atoms with van der Waals surface area (Å²) in [7, 11) is 0. The van der Waals surface area contributed by atoms with Crippen molar-refractivity contribution in [1.82, 2.24) is 0 Å². The molecule has 0 spiro atoms. The van der Waals surface area contributed by atoms with Crippen LogP contribution in [0.4, 0.5) is 0 Å². The first-order valence-electron chi connectivity index (χ1n) is 4.31. The summed E-state index contributed by atoms with van der Waals surface area (Å²) in [6.07, 6.45) is -0.119. The van der Waals surface area contributed by atoms with Crippen LogP contribution in [0.2, 0.25) is 5.02 Å². The van der Waals surface area contributed by atoms with Crippen molar-refractivity contribution >= 4 is 38.8 Å². The fraction of sp³-hybridized carbons (Fsp3) is 0.0909. The number of hydrogen-bond acceptors (Lipinski definition) is 3. The van der Waals surface area contributed by atoms with Gasteiger partial charge in [0.1, 0.15) is 0 Å². The minimum atomic E-state index is -0.205. The van der Waals surface area contributed by atoms with Crippen molar-refractivity contribution in [2.24, 2.45) is 0 Å². The number of carbonyl (C=O) groups excluding carboxylic acids is 1. The molecule has 2 nitrogen and oxygen atoms in total. The zero-order chi connectivity index (χ0) is 10.8. The molecular formula is C11H6ClNOS. The summed E-state index contributed by atoms with van der Waals surface area (Å²) in [5.41, 5.74) is 0. The Bertz CT molecular complexity index is 567. The van der Waals surface area contributed by atoms with Crippen molar-refractivity contribution in [3.05, 3.63) is 34.2 Å². The van der Waals surface area contributed by atoms with E-state index in [2.05, 4.69) is 0 Å². The van der Waals surface area contributed by atoms with E-state index in [1.165, 1.54) is 11.3 Å². The van der Waals surface area contributed by atoms with E-state index >= 15 is 0 Å². The second kappa shape index (κ2) is 4.01. The highest BCUT2D eigenvalue weighted by Crippen LogP contribution is 2.35. The molecule has 1 heterocycles. The van der Waals surface area contributed by atoms with Crippen LogP contribution in [0.5, 0.6) is 0 Å². The largest absolute Gasteiger partial charge is 0.292 e. The first-order valence-corrected chi connectivity index (χ1v) is 5.50. The van der Waals surface area contributed by atoms with Crippen LogP contribution in [-0.2, 0) is 0 Å². The Morgan fingerprint density at radius 2 is 2.20 bits per heavy atom. The van der Waals surface area contributed by atoms with E-state index in [1.54, 1.807) is 0 Å². The maximum atomic E-state index is 11.5. The monoisotopic (exact) mass is 235 g/mol. The maximum absolute atomic E-state index is 11.5. The average molecular weight is 236 g/mol. The third-order valence-electron chi connectivity index (χ3n) is 2.03. The molecular weight excluding hydrogens is 230 g/mol. The number of halogens is 1. The normalized spacial score (nSPS) is 10.1. The van der Waals surface area contributed by atoms with E-state index < -0.39 is 0 Å². The summed E-state index contributed by atoms with van der Waals surface area (Å²) in [6.45, 7) is 0. The molecule has 0 amide bonds. The lowest BCUT2D eigenvalue weighted by molar-refractivity contribution is 0.100. The standard InChI is InChI=1S/C11H6ClNOS/c12-10-7-3-1-2-4-9(7)15-11(10)8(14)5-6-13/h1-4H,5H2. The highest BCUT2D eigenvalue weighted by atomic mass is 35.5. The van der Waals surface area contributed by atoms with Crippen LogP contribution in [0, 0.1) is 11.3 Å². The molecule has 2 aromatic rings. The van der Waals surface area contributed by atoms with Gasteiger partial charge in [-0.2, -0.15) is 5.26 Å². The van der Waals surface area contributed by atoms with Crippen molar-refractivity contribution in [1.29, 1.82) is 5.26 Å². The quantitative estimate of drug-likeness (QED) is 0.746. The number of fused-ring (bicyclic) bond motifs is 1. The van der Waals surface area contributed by atoms with Gasteiger partial charge in [-0.1, -0.05) is 29.8 Å². The first-order chi connectivity index (χ1) is 7.24. The molecule has 0 aliphatic rings. The summed E-state index contributed by atoms with van der Waals surface area (Å²) in [6, 6.07) is 9.39. The number of Topliss-reactive ketones (excluding diaryl/α,β-unsaturated/α-hetero) is 1. The fourth-order valence-corrected chi connectivity index (χ4v) is 2.82. The van der Waals surface area contributed by atoms with Crippen LogP contribution in [0.3, 0.4) is 0 Å². The van der Waals surface area contributed by atoms with E-state index in [4.69, 9.17) is 16.9 Å². The number of thiophene rings is 1. The summed E-state index contributed by atoms with van der Waals surface area (Å²) in [4.78, 5) is 12.0. The molecule has 0 unspecified atom stereocenters. The fourth-order valence-electron chi connectivity index (χ4n) is 1.35. The van der Waals surface area contributed by atoms with Gasteiger partial charge >= 0.3 is 0 Å². The minimum absolute atomic E-state index is 0.119. The lowest BCUT2D eigenvalue weighted by Crippen LogP contribution is -1.93. The highest BCUT2D eigenvalue weighted by Gasteiger charge is 2.15. The maximum Gasteiger partial charge on any atom is 0.188 e. The van der Waals surface area contributed by atoms with Gasteiger partial charge in [-0.05, 0) is 6.07 Å². The van der Waals surface area contributed by atoms with Gasteiger partial charge in [0, 0.05) is 10.1 Å². The number of nitrogens with zero attached hydrogens (tertiary/aromatic N) is 1.